The van der Waals surface area contributed by atoms with Gasteiger partial charge >= 0.3 is 0 Å². The van der Waals surface area contributed by atoms with Gasteiger partial charge in [0.1, 0.15) is 0 Å². The normalized spacial score (nSPS) is 14.9. The Morgan fingerprint density at radius 1 is 1.27 bits per heavy atom. The van der Waals surface area contributed by atoms with Gasteiger partial charge in [-0.15, -0.1) is 24.0 Å². The number of allylic oxidation sites excluding steroid dienone is 4. The lowest BCUT2D eigenvalue weighted by atomic mass is 10.00. The van der Waals surface area contributed by atoms with Crippen molar-refractivity contribution in [2.45, 2.75) is 37.8 Å². The van der Waals surface area contributed by atoms with Crippen molar-refractivity contribution >= 4 is 29.5 Å². The number of rotatable bonds is 1. The van der Waals surface area contributed by atoms with Crippen molar-refractivity contribution in [1.82, 2.24) is 0 Å². The van der Waals surface area contributed by atoms with Gasteiger partial charge in [0.15, 0.2) is 0 Å². The zero-order chi connectivity index (χ0) is 11.3. The molecule has 0 aliphatic heterocycles. The summed E-state index contributed by atoms with van der Waals surface area (Å²) < 4.78 is 1.09. The predicted molar refractivity (Wildman–Crippen MR) is 73.9 cm³/mol. The first kappa shape index (κ1) is 12.6. The second-order valence-corrected chi connectivity index (χ2v) is 5.19. The largest absolute Gasteiger partial charge is 0.133 e. The molecule has 0 spiro atoms. The zero-order valence-electron chi connectivity index (χ0n) is 9.58. The molecule has 0 amide bonds. The van der Waals surface area contributed by atoms with Crippen LogP contribution in [0.5, 0.6) is 0 Å². The Morgan fingerprint density at radius 2 is 2.00 bits per heavy atom. The Labute approximate surface area is 102 Å². The molecule has 0 atom stereocenters. The fraction of sp³-hybridized carbons (Fsp3) is 0.385. The lowest BCUT2D eigenvalue weighted by Gasteiger charge is -2.08. The molecule has 0 fully saturated rings. The van der Waals surface area contributed by atoms with Crippen LogP contribution >= 0.6 is 24.0 Å². The van der Waals surface area contributed by atoms with Gasteiger partial charge in [0.25, 0.3) is 0 Å². The summed E-state index contributed by atoms with van der Waals surface area (Å²) in [5.41, 5.74) is 2.85. The molecule has 0 saturated heterocycles. The van der Waals surface area contributed by atoms with E-state index in [-0.39, 0.29) is 0 Å². The SMILES string of the molecule is CC.CC1=CC(c2ccc(S)s2)=CCC1. The molecule has 1 aromatic rings. The molecule has 0 nitrogen and oxygen atoms in total. The van der Waals surface area contributed by atoms with Crippen LogP contribution < -0.4 is 0 Å². The first-order chi connectivity index (χ1) is 7.25. The van der Waals surface area contributed by atoms with Crippen LogP contribution in [0.1, 0.15) is 38.5 Å². The summed E-state index contributed by atoms with van der Waals surface area (Å²) in [6, 6.07) is 4.20. The van der Waals surface area contributed by atoms with Gasteiger partial charge in [-0.25, -0.2) is 0 Å². The van der Waals surface area contributed by atoms with Crippen molar-refractivity contribution in [2.75, 3.05) is 0 Å². The van der Waals surface area contributed by atoms with Gasteiger partial charge in [-0.2, -0.15) is 0 Å². The highest BCUT2D eigenvalue weighted by molar-refractivity contribution is 7.82. The number of hydrogen-bond acceptors (Lipinski definition) is 2. The highest BCUT2D eigenvalue weighted by Crippen LogP contribution is 2.31. The molecule has 1 aromatic heterocycles. The van der Waals surface area contributed by atoms with E-state index in [4.69, 9.17) is 0 Å². The standard InChI is InChI=1S/C11H12S2.C2H6/c1-8-3-2-4-9(7-8)10-5-6-11(12)13-10;1-2/h4-7,12H,2-3H2,1H3;1-2H3. The molecular weight excluding hydrogens is 220 g/mol. The summed E-state index contributed by atoms with van der Waals surface area (Å²) in [6.07, 6.45) is 6.98. The summed E-state index contributed by atoms with van der Waals surface area (Å²) in [6.45, 7) is 6.20. The van der Waals surface area contributed by atoms with Gasteiger partial charge in [-0.3, -0.25) is 0 Å². The van der Waals surface area contributed by atoms with Gasteiger partial charge in [0, 0.05) is 4.88 Å². The molecule has 1 aliphatic rings. The first-order valence-corrected chi connectivity index (χ1v) is 6.68. The van der Waals surface area contributed by atoms with Crippen molar-refractivity contribution in [2.24, 2.45) is 0 Å². The van der Waals surface area contributed by atoms with E-state index < -0.39 is 0 Å². The topological polar surface area (TPSA) is 0 Å². The number of thiol groups is 1. The van der Waals surface area contributed by atoms with Crippen molar-refractivity contribution in [1.29, 1.82) is 0 Å². The predicted octanol–water partition coefficient (Wildman–Crippen LogP) is 5.19. The number of hydrogen-bond donors (Lipinski definition) is 1. The maximum absolute atomic E-state index is 4.32. The maximum atomic E-state index is 4.32. The smallest absolute Gasteiger partial charge is 0.0574 e. The highest BCUT2D eigenvalue weighted by atomic mass is 32.2. The third-order valence-corrected chi connectivity index (χ3v) is 3.54. The van der Waals surface area contributed by atoms with Crippen LogP contribution in [0, 0.1) is 0 Å². The molecule has 15 heavy (non-hydrogen) atoms. The van der Waals surface area contributed by atoms with E-state index >= 15 is 0 Å². The summed E-state index contributed by atoms with van der Waals surface area (Å²) >= 11 is 6.07. The third kappa shape index (κ3) is 3.54. The van der Waals surface area contributed by atoms with E-state index in [2.05, 4.69) is 43.8 Å². The summed E-state index contributed by atoms with van der Waals surface area (Å²) in [4.78, 5) is 1.34. The highest BCUT2D eigenvalue weighted by Gasteiger charge is 2.05. The molecule has 0 bridgehead atoms. The Kier molecular flexibility index (Phi) is 5.20. The van der Waals surface area contributed by atoms with E-state index in [9.17, 15) is 0 Å². The number of thiophene rings is 1. The summed E-state index contributed by atoms with van der Waals surface area (Å²) in [7, 11) is 0. The molecule has 0 N–H and O–H groups in total. The second-order valence-electron chi connectivity index (χ2n) is 3.33. The minimum atomic E-state index is 1.09. The Bertz CT molecular complexity index is 370. The Balaban J connectivity index is 0.000000531. The van der Waals surface area contributed by atoms with Crippen LogP contribution in [0.4, 0.5) is 0 Å². The van der Waals surface area contributed by atoms with Crippen LogP contribution in [0.25, 0.3) is 5.57 Å². The van der Waals surface area contributed by atoms with Crippen LogP contribution in [-0.4, -0.2) is 0 Å². The van der Waals surface area contributed by atoms with Gasteiger partial charge in [0.2, 0.25) is 0 Å². The quantitative estimate of drug-likeness (QED) is 0.640. The van der Waals surface area contributed by atoms with Crippen molar-refractivity contribution in [3.05, 3.63) is 34.7 Å². The summed E-state index contributed by atoms with van der Waals surface area (Å²) in [5.74, 6) is 0. The first-order valence-electron chi connectivity index (χ1n) is 5.42. The van der Waals surface area contributed by atoms with Gasteiger partial charge in [-0.1, -0.05) is 31.6 Å². The maximum Gasteiger partial charge on any atom is 0.0574 e. The van der Waals surface area contributed by atoms with E-state index in [0.29, 0.717) is 0 Å². The van der Waals surface area contributed by atoms with Crippen molar-refractivity contribution in [3.63, 3.8) is 0 Å². The van der Waals surface area contributed by atoms with Crippen LogP contribution in [0.2, 0.25) is 0 Å². The zero-order valence-corrected chi connectivity index (χ0v) is 11.3. The lowest BCUT2D eigenvalue weighted by Crippen LogP contribution is -1.86. The fourth-order valence-corrected chi connectivity index (χ4v) is 2.63. The summed E-state index contributed by atoms with van der Waals surface area (Å²) in [5, 5.41) is 0. The van der Waals surface area contributed by atoms with Crippen LogP contribution in [0.15, 0.2) is 34.1 Å². The molecule has 0 unspecified atom stereocenters. The van der Waals surface area contributed by atoms with E-state index in [1.54, 1.807) is 11.3 Å². The lowest BCUT2D eigenvalue weighted by molar-refractivity contribution is 0.966. The minimum Gasteiger partial charge on any atom is -0.133 e. The Morgan fingerprint density at radius 3 is 2.53 bits per heavy atom. The molecule has 2 rings (SSSR count). The van der Waals surface area contributed by atoms with E-state index in [1.807, 2.05) is 13.8 Å². The van der Waals surface area contributed by atoms with E-state index in [0.717, 1.165) is 4.21 Å². The van der Waals surface area contributed by atoms with E-state index in [1.165, 1.54) is 28.9 Å². The van der Waals surface area contributed by atoms with Crippen LogP contribution in [-0.2, 0) is 0 Å². The molecule has 82 valence electrons. The van der Waals surface area contributed by atoms with Gasteiger partial charge < -0.3 is 0 Å². The Hall–Kier alpha value is -0.470. The van der Waals surface area contributed by atoms with Crippen molar-refractivity contribution in [3.8, 4) is 0 Å². The molecule has 2 heteroatoms. The van der Waals surface area contributed by atoms with Crippen LogP contribution in [0.3, 0.4) is 0 Å². The van der Waals surface area contributed by atoms with Gasteiger partial charge in [-0.05, 0) is 37.5 Å². The fourth-order valence-electron chi connectivity index (χ4n) is 1.51. The second kappa shape index (κ2) is 6.19. The minimum absolute atomic E-state index is 1.09. The average Bonchev–Trinajstić information content (AvgIpc) is 2.68. The van der Waals surface area contributed by atoms with Crippen molar-refractivity contribution < 1.29 is 0 Å². The molecule has 0 radical (unpaired) electrons. The third-order valence-electron chi connectivity index (χ3n) is 2.18. The molecule has 1 heterocycles. The monoisotopic (exact) mass is 238 g/mol. The molecule has 0 aromatic carbocycles. The van der Waals surface area contributed by atoms with Gasteiger partial charge in [0.05, 0.1) is 4.21 Å². The molecular formula is C13H18S2. The molecule has 0 saturated carbocycles. The average molecular weight is 238 g/mol. The molecule has 1 aliphatic carbocycles.